The van der Waals surface area contributed by atoms with Gasteiger partial charge >= 0.3 is 0 Å². The first kappa shape index (κ1) is 15.5. The van der Waals surface area contributed by atoms with Crippen LogP contribution in [0.25, 0.3) is 0 Å². The van der Waals surface area contributed by atoms with Crippen molar-refractivity contribution in [3.8, 4) is 11.8 Å². The minimum Gasteiger partial charge on any atom is -0.395 e. The molecule has 0 aliphatic carbocycles. The Morgan fingerprint density at radius 1 is 1.57 bits per heavy atom. The third kappa shape index (κ3) is 3.81. The number of halogens is 1. The van der Waals surface area contributed by atoms with Crippen molar-refractivity contribution in [2.24, 2.45) is 0 Å². The third-order valence-electron chi connectivity index (χ3n) is 3.30. The van der Waals surface area contributed by atoms with E-state index in [1.54, 1.807) is 4.90 Å². The zero-order chi connectivity index (χ0) is 15.2. The number of morpholine rings is 1. The first-order chi connectivity index (χ1) is 10.1. The molecular weight excluding hydrogens is 273 g/mol. The summed E-state index contributed by atoms with van der Waals surface area (Å²) in [6.07, 6.45) is 0.290. The largest absolute Gasteiger partial charge is 0.395 e. The molecule has 1 saturated heterocycles. The van der Waals surface area contributed by atoms with Crippen LogP contribution in [0.1, 0.15) is 29.3 Å². The van der Waals surface area contributed by atoms with Gasteiger partial charge in [0.2, 0.25) is 0 Å². The van der Waals surface area contributed by atoms with Crippen LogP contribution >= 0.6 is 0 Å². The van der Waals surface area contributed by atoms with Gasteiger partial charge in [-0.15, -0.1) is 0 Å². The van der Waals surface area contributed by atoms with Crippen molar-refractivity contribution in [1.82, 2.24) is 4.90 Å². The van der Waals surface area contributed by atoms with E-state index < -0.39 is 5.82 Å². The maximum atomic E-state index is 13.4. The lowest BCUT2D eigenvalue weighted by atomic mass is 10.0. The lowest BCUT2D eigenvalue weighted by Crippen LogP contribution is -2.47. The molecule has 0 aromatic heterocycles. The summed E-state index contributed by atoms with van der Waals surface area (Å²) in [6.45, 7) is 3.37. The highest BCUT2D eigenvalue weighted by Gasteiger charge is 2.26. The van der Waals surface area contributed by atoms with Crippen LogP contribution in [-0.4, -0.2) is 48.3 Å². The molecule has 0 spiro atoms. The molecule has 112 valence electrons. The summed E-state index contributed by atoms with van der Waals surface area (Å²) in [5.74, 6) is 4.88. The molecule has 5 heteroatoms. The molecule has 0 bridgehead atoms. The summed E-state index contributed by atoms with van der Waals surface area (Å²) in [6, 6.07) is 3.95. The Morgan fingerprint density at radius 2 is 2.38 bits per heavy atom. The fourth-order valence-corrected chi connectivity index (χ4v) is 2.20. The quantitative estimate of drug-likeness (QED) is 0.838. The van der Waals surface area contributed by atoms with Gasteiger partial charge in [-0.3, -0.25) is 4.79 Å². The van der Waals surface area contributed by atoms with Gasteiger partial charge in [0.05, 0.1) is 31.4 Å². The molecule has 21 heavy (non-hydrogen) atoms. The Hall–Kier alpha value is -1.90. The van der Waals surface area contributed by atoms with Crippen LogP contribution in [0.15, 0.2) is 18.2 Å². The van der Waals surface area contributed by atoms with Crippen molar-refractivity contribution < 1.29 is 19.0 Å². The monoisotopic (exact) mass is 291 g/mol. The van der Waals surface area contributed by atoms with E-state index in [1.165, 1.54) is 18.2 Å². The number of nitrogens with zero attached hydrogens (tertiary/aromatic N) is 1. The molecule has 1 N–H and O–H groups in total. The van der Waals surface area contributed by atoms with E-state index in [9.17, 15) is 9.18 Å². The number of rotatable bonds is 2. The van der Waals surface area contributed by atoms with Gasteiger partial charge in [-0.2, -0.15) is 0 Å². The average Bonchev–Trinajstić information content (AvgIpc) is 2.47. The Balaban J connectivity index is 2.30. The Labute approximate surface area is 123 Å². The maximum absolute atomic E-state index is 13.4. The first-order valence-corrected chi connectivity index (χ1v) is 6.91. The first-order valence-electron chi connectivity index (χ1n) is 6.91. The Morgan fingerprint density at radius 3 is 3.10 bits per heavy atom. The van der Waals surface area contributed by atoms with Crippen molar-refractivity contribution in [2.45, 2.75) is 19.4 Å². The highest BCUT2D eigenvalue weighted by atomic mass is 19.1. The van der Waals surface area contributed by atoms with E-state index in [4.69, 9.17) is 9.84 Å². The summed E-state index contributed by atoms with van der Waals surface area (Å²) in [5, 5.41) is 8.75. The lowest BCUT2D eigenvalue weighted by Gasteiger charge is -2.33. The standard InChI is InChI=1S/C16H18FNO3/c1-12-11-21-9-7-18(12)16(20)15-6-5-14(17)10-13(15)4-2-3-8-19/h5-6,10,12,19H,3,7-9,11H2,1H3. The normalized spacial score (nSPS) is 18.0. The summed E-state index contributed by atoms with van der Waals surface area (Å²) in [7, 11) is 0. The predicted octanol–water partition coefficient (Wildman–Crippen LogP) is 1.42. The van der Waals surface area contributed by atoms with Crippen LogP contribution in [0.3, 0.4) is 0 Å². The van der Waals surface area contributed by atoms with Crippen LogP contribution in [0, 0.1) is 17.7 Å². The molecule has 1 aliphatic heterocycles. The van der Waals surface area contributed by atoms with Gasteiger partial charge in [0.15, 0.2) is 0 Å². The number of hydrogen-bond donors (Lipinski definition) is 1. The minimum atomic E-state index is -0.435. The Kier molecular flexibility index (Phi) is 5.32. The minimum absolute atomic E-state index is 0.0189. The van der Waals surface area contributed by atoms with E-state index in [-0.39, 0.29) is 25.0 Å². The third-order valence-corrected chi connectivity index (χ3v) is 3.30. The van der Waals surface area contributed by atoms with E-state index >= 15 is 0 Å². The van der Waals surface area contributed by atoms with E-state index in [1.807, 2.05) is 6.92 Å². The van der Waals surface area contributed by atoms with Crippen molar-refractivity contribution >= 4 is 5.91 Å². The van der Waals surface area contributed by atoms with Crippen molar-refractivity contribution in [1.29, 1.82) is 0 Å². The molecule has 1 heterocycles. The molecule has 4 nitrogen and oxygen atoms in total. The van der Waals surface area contributed by atoms with Crippen molar-refractivity contribution in [2.75, 3.05) is 26.4 Å². The van der Waals surface area contributed by atoms with Crippen LogP contribution in [0.2, 0.25) is 0 Å². The summed E-state index contributed by atoms with van der Waals surface area (Å²) >= 11 is 0. The van der Waals surface area contributed by atoms with Crippen LogP contribution in [-0.2, 0) is 4.74 Å². The topological polar surface area (TPSA) is 49.8 Å². The molecule has 1 aromatic rings. The number of aliphatic hydroxyl groups is 1. The number of amides is 1. The van der Waals surface area contributed by atoms with E-state index in [2.05, 4.69) is 11.8 Å². The summed E-state index contributed by atoms with van der Waals surface area (Å²) in [4.78, 5) is 14.3. The number of carbonyl (C=O) groups excluding carboxylic acids is 1. The second-order valence-corrected chi connectivity index (χ2v) is 4.89. The molecule has 1 unspecified atom stereocenters. The highest BCUT2D eigenvalue weighted by Crippen LogP contribution is 2.16. The molecule has 1 aliphatic rings. The van der Waals surface area contributed by atoms with E-state index in [0.717, 1.165) is 0 Å². The molecule has 1 atom stereocenters. The van der Waals surface area contributed by atoms with Gasteiger partial charge in [-0.25, -0.2) is 4.39 Å². The van der Waals surface area contributed by atoms with Crippen LogP contribution < -0.4 is 0 Å². The molecule has 1 amide bonds. The second-order valence-electron chi connectivity index (χ2n) is 4.89. The van der Waals surface area contributed by atoms with Gasteiger partial charge in [-0.1, -0.05) is 11.8 Å². The zero-order valence-electron chi connectivity index (χ0n) is 11.9. The molecular formula is C16H18FNO3. The van der Waals surface area contributed by atoms with Crippen LogP contribution in [0.5, 0.6) is 0 Å². The lowest BCUT2D eigenvalue weighted by molar-refractivity contribution is 0.00357. The molecule has 2 rings (SSSR count). The van der Waals surface area contributed by atoms with Crippen molar-refractivity contribution in [3.63, 3.8) is 0 Å². The highest BCUT2D eigenvalue weighted by molar-refractivity contribution is 5.97. The van der Waals surface area contributed by atoms with Crippen LogP contribution in [0.4, 0.5) is 4.39 Å². The average molecular weight is 291 g/mol. The Bertz CT molecular complexity index is 577. The number of hydrogen-bond acceptors (Lipinski definition) is 3. The van der Waals surface area contributed by atoms with Gasteiger partial charge in [-0.05, 0) is 25.1 Å². The summed E-state index contributed by atoms with van der Waals surface area (Å²) < 4.78 is 18.7. The predicted molar refractivity (Wildman–Crippen MR) is 76.3 cm³/mol. The number of carbonyl (C=O) groups is 1. The van der Waals surface area contributed by atoms with Gasteiger partial charge < -0.3 is 14.7 Å². The number of benzene rings is 1. The molecule has 0 radical (unpaired) electrons. The smallest absolute Gasteiger partial charge is 0.255 e. The molecule has 1 fully saturated rings. The van der Waals surface area contributed by atoms with Gasteiger partial charge in [0.1, 0.15) is 5.82 Å². The summed E-state index contributed by atoms with van der Waals surface area (Å²) in [5.41, 5.74) is 0.739. The zero-order valence-corrected chi connectivity index (χ0v) is 11.9. The van der Waals surface area contributed by atoms with E-state index in [0.29, 0.717) is 30.9 Å². The maximum Gasteiger partial charge on any atom is 0.255 e. The number of aliphatic hydroxyl groups excluding tert-OH is 1. The fourth-order valence-electron chi connectivity index (χ4n) is 2.20. The SMILES string of the molecule is CC1COCCN1C(=O)c1ccc(F)cc1C#CCCO. The second kappa shape index (κ2) is 7.21. The fraction of sp³-hybridized carbons (Fsp3) is 0.438. The molecule has 1 aromatic carbocycles. The number of ether oxygens (including phenoxy) is 1. The molecule has 0 saturated carbocycles. The van der Waals surface area contributed by atoms with Gasteiger partial charge in [0, 0.05) is 18.5 Å². The van der Waals surface area contributed by atoms with Crippen molar-refractivity contribution in [3.05, 3.63) is 35.1 Å². The van der Waals surface area contributed by atoms with Gasteiger partial charge in [0.25, 0.3) is 5.91 Å².